The van der Waals surface area contributed by atoms with Crippen LogP contribution in [0.15, 0.2) is 108 Å². The first-order valence-corrected chi connectivity index (χ1v) is 13.6. The van der Waals surface area contributed by atoms with Crippen molar-refractivity contribution in [3.8, 4) is 22.7 Å². The molecule has 1 amide bonds. The Bertz CT molecular complexity index is 1740. The molecule has 0 aliphatic heterocycles. The van der Waals surface area contributed by atoms with E-state index in [1.807, 2.05) is 37.3 Å². The van der Waals surface area contributed by atoms with E-state index in [-0.39, 0.29) is 34.0 Å². The van der Waals surface area contributed by atoms with Crippen molar-refractivity contribution in [2.24, 2.45) is 5.10 Å². The second-order valence-electron chi connectivity index (χ2n) is 9.33. The number of aryl methyl sites for hydroxylation is 1. The van der Waals surface area contributed by atoms with Gasteiger partial charge in [-0.05, 0) is 84.3 Å². The molecule has 0 fully saturated rings. The maximum absolute atomic E-state index is 12.7. The van der Waals surface area contributed by atoms with Gasteiger partial charge in [0.2, 0.25) is 0 Å². The van der Waals surface area contributed by atoms with E-state index in [2.05, 4.69) is 39.4 Å². The summed E-state index contributed by atoms with van der Waals surface area (Å²) in [4.78, 5) is 23.1. The minimum Gasteiger partial charge on any atom is -0.486 e. The Balaban J connectivity index is 1.21. The van der Waals surface area contributed by atoms with E-state index in [9.17, 15) is 14.9 Å². The number of aromatic nitrogens is 1. The van der Waals surface area contributed by atoms with Crippen LogP contribution >= 0.6 is 23.2 Å². The van der Waals surface area contributed by atoms with Gasteiger partial charge in [-0.3, -0.25) is 14.9 Å². The van der Waals surface area contributed by atoms with E-state index >= 15 is 0 Å². The number of rotatable bonds is 9. The summed E-state index contributed by atoms with van der Waals surface area (Å²) in [6, 6.07) is 30.8. The highest BCUT2D eigenvalue weighted by Crippen LogP contribution is 2.34. The van der Waals surface area contributed by atoms with Crippen molar-refractivity contribution in [3.05, 3.63) is 146 Å². The smallest absolute Gasteiger partial charge is 0.271 e. The summed E-state index contributed by atoms with van der Waals surface area (Å²) >= 11 is 12.7. The number of hydrogen-bond donors (Lipinski definition) is 1. The number of amides is 1. The standard InChI is InChI=1S/C32H24Cl2N4O4/c1-21-7-16-30(24-5-3-2-4-6-24)37(21)26-14-10-25(11-15-26)32(39)36-35-19-23-17-28(33)31(29(34)18-23)42-20-22-8-12-27(13-9-22)38(40)41/h2-19H,20H2,1H3,(H,36,39)/b35-19+. The fourth-order valence-electron chi connectivity index (χ4n) is 4.37. The predicted octanol–water partition coefficient (Wildman–Crippen LogP) is 8.01. The molecule has 5 rings (SSSR count). The number of halogens is 2. The second-order valence-corrected chi connectivity index (χ2v) is 10.1. The van der Waals surface area contributed by atoms with Gasteiger partial charge in [-0.2, -0.15) is 5.10 Å². The topological polar surface area (TPSA) is 98.8 Å². The quantitative estimate of drug-likeness (QED) is 0.105. The molecule has 0 aliphatic rings. The third-order valence-corrected chi connectivity index (χ3v) is 7.03. The number of non-ortho nitro benzene ring substituents is 1. The lowest BCUT2D eigenvalue weighted by atomic mass is 10.1. The monoisotopic (exact) mass is 598 g/mol. The first-order chi connectivity index (χ1) is 20.3. The van der Waals surface area contributed by atoms with Crippen molar-refractivity contribution < 1.29 is 14.5 Å². The van der Waals surface area contributed by atoms with Crippen LogP contribution in [0.1, 0.15) is 27.2 Å². The zero-order valence-corrected chi connectivity index (χ0v) is 23.8. The Morgan fingerprint density at radius 1 is 0.952 bits per heavy atom. The van der Waals surface area contributed by atoms with Crippen LogP contribution in [0.2, 0.25) is 10.0 Å². The molecule has 1 aromatic heterocycles. The summed E-state index contributed by atoms with van der Waals surface area (Å²) in [5, 5.41) is 15.4. The van der Waals surface area contributed by atoms with E-state index < -0.39 is 4.92 Å². The molecule has 4 aromatic carbocycles. The van der Waals surface area contributed by atoms with Crippen LogP contribution in [0.3, 0.4) is 0 Å². The first-order valence-electron chi connectivity index (χ1n) is 12.8. The molecule has 0 saturated carbocycles. The van der Waals surface area contributed by atoms with E-state index in [4.69, 9.17) is 27.9 Å². The van der Waals surface area contributed by atoms with Gasteiger partial charge in [0.15, 0.2) is 5.75 Å². The first kappa shape index (κ1) is 28.6. The number of nitrogens with one attached hydrogen (secondary N) is 1. The molecule has 10 heteroatoms. The Morgan fingerprint density at radius 2 is 1.62 bits per heavy atom. The van der Waals surface area contributed by atoms with Gasteiger partial charge in [0.1, 0.15) is 6.61 Å². The van der Waals surface area contributed by atoms with Crippen LogP contribution in [0.5, 0.6) is 5.75 Å². The highest BCUT2D eigenvalue weighted by Gasteiger charge is 2.13. The summed E-state index contributed by atoms with van der Waals surface area (Å²) in [6.45, 7) is 2.16. The van der Waals surface area contributed by atoms with Crippen molar-refractivity contribution in [1.82, 2.24) is 9.99 Å². The van der Waals surface area contributed by atoms with E-state index in [1.165, 1.54) is 18.3 Å². The number of ether oxygens (including phenoxy) is 1. The van der Waals surface area contributed by atoms with Crippen LogP contribution < -0.4 is 10.2 Å². The molecule has 0 atom stereocenters. The lowest BCUT2D eigenvalue weighted by molar-refractivity contribution is -0.384. The molecule has 42 heavy (non-hydrogen) atoms. The van der Waals surface area contributed by atoms with Crippen molar-refractivity contribution in [2.75, 3.05) is 0 Å². The molecule has 0 saturated heterocycles. The second kappa shape index (κ2) is 12.7. The lowest BCUT2D eigenvalue weighted by Crippen LogP contribution is -2.17. The zero-order chi connectivity index (χ0) is 29.6. The molecule has 1 N–H and O–H groups in total. The van der Waals surface area contributed by atoms with Gasteiger partial charge >= 0.3 is 0 Å². The third-order valence-electron chi connectivity index (χ3n) is 6.46. The third kappa shape index (κ3) is 6.52. The summed E-state index contributed by atoms with van der Waals surface area (Å²) in [7, 11) is 0. The molecule has 5 aromatic rings. The molecular formula is C32H24Cl2N4O4. The minimum absolute atomic E-state index is 0.00741. The zero-order valence-electron chi connectivity index (χ0n) is 22.3. The van der Waals surface area contributed by atoms with Gasteiger partial charge in [-0.25, -0.2) is 5.43 Å². The number of carbonyl (C=O) groups excluding carboxylic acids is 1. The summed E-state index contributed by atoms with van der Waals surface area (Å²) in [5.74, 6) is -0.100. The highest BCUT2D eigenvalue weighted by molar-refractivity contribution is 6.37. The lowest BCUT2D eigenvalue weighted by Gasteiger charge is -2.13. The number of carbonyl (C=O) groups is 1. The SMILES string of the molecule is Cc1ccc(-c2ccccc2)n1-c1ccc(C(=O)N/N=C/c2cc(Cl)c(OCc3ccc([N+](=O)[O-])cc3)c(Cl)c2)cc1. The number of benzene rings is 4. The van der Waals surface area contributed by atoms with Crippen LogP contribution in [-0.2, 0) is 6.61 Å². The van der Waals surface area contributed by atoms with Gasteiger partial charge < -0.3 is 9.30 Å². The maximum atomic E-state index is 12.7. The van der Waals surface area contributed by atoms with Crippen molar-refractivity contribution in [2.45, 2.75) is 13.5 Å². The average Bonchev–Trinajstić information content (AvgIpc) is 3.38. The Labute approximate surface area is 251 Å². The molecule has 0 unspecified atom stereocenters. The fourth-order valence-corrected chi connectivity index (χ4v) is 4.98. The summed E-state index contributed by atoms with van der Waals surface area (Å²) in [5.41, 5.74) is 8.43. The average molecular weight is 599 g/mol. The highest BCUT2D eigenvalue weighted by atomic mass is 35.5. The molecule has 0 radical (unpaired) electrons. The molecular weight excluding hydrogens is 575 g/mol. The Morgan fingerprint density at radius 3 is 2.26 bits per heavy atom. The van der Waals surface area contributed by atoms with Crippen LogP contribution in [-0.4, -0.2) is 21.6 Å². The number of hydrogen-bond acceptors (Lipinski definition) is 5. The molecule has 0 spiro atoms. The normalized spacial score (nSPS) is 11.0. The number of nitrogens with zero attached hydrogens (tertiary/aromatic N) is 3. The van der Waals surface area contributed by atoms with Crippen molar-refractivity contribution >= 4 is 41.0 Å². The minimum atomic E-state index is -0.468. The van der Waals surface area contributed by atoms with Gasteiger partial charge in [0.05, 0.1) is 26.9 Å². The molecule has 210 valence electrons. The largest absolute Gasteiger partial charge is 0.486 e. The molecule has 0 bridgehead atoms. The van der Waals surface area contributed by atoms with Crippen molar-refractivity contribution in [3.63, 3.8) is 0 Å². The summed E-state index contributed by atoms with van der Waals surface area (Å²) in [6.07, 6.45) is 1.43. The number of nitro groups is 1. The maximum Gasteiger partial charge on any atom is 0.271 e. The fraction of sp³-hybridized carbons (Fsp3) is 0.0625. The van der Waals surface area contributed by atoms with Gasteiger partial charge in [0, 0.05) is 29.1 Å². The number of nitro benzene ring substituents is 1. The molecule has 0 aliphatic carbocycles. The number of hydrazone groups is 1. The predicted molar refractivity (Wildman–Crippen MR) is 165 cm³/mol. The Hall–Kier alpha value is -4.92. The van der Waals surface area contributed by atoms with Crippen molar-refractivity contribution in [1.29, 1.82) is 0 Å². The van der Waals surface area contributed by atoms with Gasteiger partial charge in [0.25, 0.3) is 11.6 Å². The van der Waals surface area contributed by atoms with Crippen LogP contribution in [0.25, 0.3) is 16.9 Å². The van der Waals surface area contributed by atoms with E-state index in [0.29, 0.717) is 16.7 Å². The van der Waals surface area contributed by atoms with Gasteiger partial charge in [-0.1, -0.05) is 53.5 Å². The summed E-state index contributed by atoms with van der Waals surface area (Å²) < 4.78 is 7.88. The van der Waals surface area contributed by atoms with Crippen LogP contribution in [0.4, 0.5) is 5.69 Å². The van der Waals surface area contributed by atoms with Crippen LogP contribution in [0, 0.1) is 17.0 Å². The molecule has 1 heterocycles. The Kier molecular flexibility index (Phi) is 8.66. The van der Waals surface area contributed by atoms with Gasteiger partial charge in [-0.15, -0.1) is 0 Å². The van der Waals surface area contributed by atoms with E-state index in [1.54, 1.807) is 36.4 Å². The molecule has 8 nitrogen and oxygen atoms in total. The van der Waals surface area contributed by atoms with E-state index in [0.717, 1.165) is 22.6 Å².